The van der Waals surface area contributed by atoms with Crippen LogP contribution in [0.4, 0.5) is 11.5 Å². The van der Waals surface area contributed by atoms with E-state index in [1.165, 1.54) is 25.7 Å². The van der Waals surface area contributed by atoms with E-state index in [1.54, 1.807) is 18.3 Å². The monoisotopic (exact) mass is 359 g/mol. The van der Waals surface area contributed by atoms with E-state index in [0.717, 1.165) is 10.3 Å². The van der Waals surface area contributed by atoms with Crippen LogP contribution in [0.1, 0.15) is 36.0 Å². The van der Waals surface area contributed by atoms with Gasteiger partial charge >= 0.3 is 0 Å². The molecule has 1 amide bonds. The Labute approximate surface area is 138 Å². The Hall–Kier alpha value is -1.88. The fourth-order valence-electron chi connectivity index (χ4n) is 2.64. The summed E-state index contributed by atoms with van der Waals surface area (Å²) in [7, 11) is 0. The van der Waals surface area contributed by atoms with Crippen molar-refractivity contribution < 1.29 is 4.79 Å². The summed E-state index contributed by atoms with van der Waals surface area (Å²) in [5.74, 6) is 0.736. The summed E-state index contributed by atoms with van der Waals surface area (Å²) >= 11 is 3.36. The number of amides is 1. The number of halogens is 1. The molecule has 2 aromatic rings. The zero-order chi connectivity index (χ0) is 15.4. The Kier molecular flexibility index (Phi) is 4.73. The van der Waals surface area contributed by atoms with E-state index < -0.39 is 0 Å². The number of hydrogen-bond donors (Lipinski definition) is 2. The first-order valence-corrected chi connectivity index (χ1v) is 8.29. The summed E-state index contributed by atoms with van der Waals surface area (Å²) in [5.41, 5.74) is 1.32. The molecule has 1 aromatic carbocycles. The first-order valence-electron chi connectivity index (χ1n) is 7.50. The Balaban J connectivity index is 1.60. The van der Waals surface area contributed by atoms with E-state index in [4.69, 9.17) is 0 Å². The molecule has 1 heterocycles. The van der Waals surface area contributed by atoms with Gasteiger partial charge in [-0.25, -0.2) is 4.98 Å². The van der Waals surface area contributed by atoms with Crippen molar-refractivity contribution >= 4 is 33.3 Å². The van der Waals surface area contributed by atoms with Crippen molar-refractivity contribution in [3.8, 4) is 0 Å². The van der Waals surface area contributed by atoms with Crippen molar-refractivity contribution in [3.63, 3.8) is 0 Å². The highest BCUT2D eigenvalue weighted by Gasteiger charge is 2.14. The van der Waals surface area contributed by atoms with Gasteiger partial charge in [-0.05, 0) is 49.2 Å². The molecular formula is C17H18BrN3O. The number of carbonyl (C=O) groups is 1. The molecule has 0 saturated heterocycles. The lowest BCUT2D eigenvalue weighted by atomic mass is 10.2. The average molecular weight is 360 g/mol. The highest BCUT2D eigenvalue weighted by atomic mass is 79.9. The molecule has 4 nitrogen and oxygen atoms in total. The second-order valence-electron chi connectivity index (χ2n) is 5.52. The molecule has 22 heavy (non-hydrogen) atoms. The lowest BCUT2D eigenvalue weighted by Gasteiger charge is -2.13. The van der Waals surface area contributed by atoms with Gasteiger partial charge in [0.15, 0.2) is 0 Å². The van der Waals surface area contributed by atoms with Gasteiger partial charge in [0.2, 0.25) is 0 Å². The smallest absolute Gasteiger partial charge is 0.255 e. The summed E-state index contributed by atoms with van der Waals surface area (Å²) in [4.78, 5) is 16.5. The van der Waals surface area contributed by atoms with Gasteiger partial charge in [-0.1, -0.05) is 28.8 Å². The van der Waals surface area contributed by atoms with Gasteiger partial charge in [-0.15, -0.1) is 0 Å². The zero-order valence-corrected chi connectivity index (χ0v) is 13.8. The molecule has 0 unspecified atom stereocenters. The maximum absolute atomic E-state index is 12.1. The Morgan fingerprint density at radius 2 is 1.82 bits per heavy atom. The third kappa shape index (κ3) is 3.85. The average Bonchev–Trinajstić information content (AvgIpc) is 3.03. The topological polar surface area (TPSA) is 54.0 Å². The van der Waals surface area contributed by atoms with E-state index >= 15 is 0 Å². The molecule has 3 rings (SSSR count). The van der Waals surface area contributed by atoms with Gasteiger partial charge in [0.25, 0.3) is 5.91 Å². The molecule has 0 radical (unpaired) electrons. The number of hydrogen-bond acceptors (Lipinski definition) is 3. The van der Waals surface area contributed by atoms with Crippen LogP contribution < -0.4 is 10.6 Å². The Morgan fingerprint density at radius 3 is 2.45 bits per heavy atom. The molecule has 1 fully saturated rings. The maximum Gasteiger partial charge on any atom is 0.255 e. The van der Waals surface area contributed by atoms with Crippen molar-refractivity contribution in [2.75, 3.05) is 10.6 Å². The standard InChI is InChI=1S/C17H18BrN3O/c18-13-7-5-12(6-8-13)17(22)21-15-9-10-16(19-11-15)20-14-3-1-2-4-14/h5-11,14H,1-4H2,(H,19,20)(H,21,22). The molecule has 1 aromatic heterocycles. The van der Waals surface area contributed by atoms with E-state index in [0.29, 0.717) is 17.3 Å². The summed E-state index contributed by atoms with van der Waals surface area (Å²) in [5, 5.41) is 6.28. The number of pyridine rings is 1. The molecule has 1 aliphatic rings. The minimum Gasteiger partial charge on any atom is -0.367 e. The number of anilines is 2. The lowest BCUT2D eigenvalue weighted by molar-refractivity contribution is 0.102. The fraction of sp³-hybridized carbons (Fsp3) is 0.294. The van der Waals surface area contributed by atoms with Crippen molar-refractivity contribution in [1.82, 2.24) is 4.98 Å². The minimum absolute atomic E-state index is 0.134. The molecule has 5 heteroatoms. The van der Waals surface area contributed by atoms with Gasteiger partial charge in [0.1, 0.15) is 5.82 Å². The number of carbonyl (C=O) groups excluding carboxylic acids is 1. The van der Waals surface area contributed by atoms with Gasteiger partial charge in [-0.3, -0.25) is 4.79 Å². The molecule has 1 saturated carbocycles. The summed E-state index contributed by atoms with van der Waals surface area (Å²) in [6, 6.07) is 11.6. The van der Waals surface area contributed by atoms with Crippen LogP contribution in [0, 0.1) is 0 Å². The van der Waals surface area contributed by atoms with E-state index in [1.807, 2.05) is 24.3 Å². The highest BCUT2D eigenvalue weighted by Crippen LogP contribution is 2.22. The van der Waals surface area contributed by atoms with E-state index in [9.17, 15) is 4.79 Å². The van der Waals surface area contributed by atoms with Crippen LogP contribution in [-0.2, 0) is 0 Å². The van der Waals surface area contributed by atoms with Gasteiger partial charge in [0, 0.05) is 16.1 Å². The van der Waals surface area contributed by atoms with E-state index in [2.05, 4.69) is 31.5 Å². The molecule has 0 atom stereocenters. The fourth-order valence-corrected chi connectivity index (χ4v) is 2.90. The predicted octanol–water partition coefficient (Wildman–Crippen LogP) is 4.45. The number of aromatic nitrogens is 1. The van der Waals surface area contributed by atoms with Crippen LogP contribution in [-0.4, -0.2) is 16.9 Å². The summed E-state index contributed by atoms with van der Waals surface area (Å²) in [6.45, 7) is 0. The van der Waals surface area contributed by atoms with Crippen LogP contribution >= 0.6 is 15.9 Å². The highest BCUT2D eigenvalue weighted by molar-refractivity contribution is 9.10. The van der Waals surface area contributed by atoms with Crippen LogP contribution in [0.25, 0.3) is 0 Å². The predicted molar refractivity (Wildman–Crippen MR) is 92.2 cm³/mol. The van der Waals surface area contributed by atoms with E-state index in [-0.39, 0.29) is 5.91 Å². The van der Waals surface area contributed by atoms with Crippen molar-refractivity contribution in [3.05, 3.63) is 52.6 Å². The first-order chi connectivity index (χ1) is 10.7. The van der Waals surface area contributed by atoms with Crippen molar-refractivity contribution in [1.29, 1.82) is 0 Å². The molecule has 1 aliphatic carbocycles. The van der Waals surface area contributed by atoms with Crippen molar-refractivity contribution in [2.24, 2.45) is 0 Å². The number of benzene rings is 1. The summed E-state index contributed by atoms with van der Waals surface area (Å²) in [6.07, 6.45) is 6.69. The second kappa shape index (κ2) is 6.92. The quantitative estimate of drug-likeness (QED) is 0.847. The molecule has 2 N–H and O–H groups in total. The van der Waals surface area contributed by atoms with Crippen LogP contribution in [0.15, 0.2) is 47.1 Å². The normalized spacial score (nSPS) is 14.8. The summed E-state index contributed by atoms with van der Waals surface area (Å²) < 4.78 is 0.952. The number of nitrogens with one attached hydrogen (secondary N) is 2. The second-order valence-corrected chi connectivity index (χ2v) is 6.43. The maximum atomic E-state index is 12.1. The molecule has 0 spiro atoms. The Morgan fingerprint density at radius 1 is 1.09 bits per heavy atom. The third-order valence-electron chi connectivity index (χ3n) is 3.83. The van der Waals surface area contributed by atoms with Crippen LogP contribution in [0.5, 0.6) is 0 Å². The number of nitrogens with zero attached hydrogens (tertiary/aromatic N) is 1. The first kappa shape index (κ1) is 15.0. The van der Waals surface area contributed by atoms with Gasteiger partial charge < -0.3 is 10.6 Å². The van der Waals surface area contributed by atoms with Crippen LogP contribution in [0.2, 0.25) is 0 Å². The SMILES string of the molecule is O=C(Nc1ccc(NC2CCCC2)nc1)c1ccc(Br)cc1. The van der Waals surface area contributed by atoms with Crippen molar-refractivity contribution in [2.45, 2.75) is 31.7 Å². The number of rotatable bonds is 4. The molecular weight excluding hydrogens is 342 g/mol. The Bertz CT molecular complexity index is 634. The largest absolute Gasteiger partial charge is 0.367 e. The minimum atomic E-state index is -0.134. The van der Waals surface area contributed by atoms with Crippen LogP contribution in [0.3, 0.4) is 0 Å². The molecule has 0 bridgehead atoms. The third-order valence-corrected chi connectivity index (χ3v) is 4.36. The molecule has 0 aliphatic heterocycles. The van der Waals surface area contributed by atoms with Gasteiger partial charge in [0.05, 0.1) is 11.9 Å². The lowest BCUT2D eigenvalue weighted by Crippen LogP contribution is -2.16. The molecule has 114 valence electrons. The zero-order valence-electron chi connectivity index (χ0n) is 12.2. The van der Waals surface area contributed by atoms with Gasteiger partial charge in [-0.2, -0.15) is 0 Å².